The third kappa shape index (κ3) is 6.11. The molecule has 2 aliphatic rings. The number of halogens is 2. The number of nitrogens with zero attached hydrogens (tertiary/aromatic N) is 3. The predicted molar refractivity (Wildman–Crippen MR) is 146 cm³/mol. The number of benzene rings is 2. The normalized spacial score (nSPS) is 19.7. The summed E-state index contributed by atoms with van der Waals surface area (Å²) in [5.41, 5.74) is 0.821. The summed E-state index contributed by atoms with van der Waals surface area (Å²) in [5.74, 6) is 0.480. The zero-order valence-electron chi connectivity index (χ0n) is 22.1. The zero-order valence-corrected chi connectivity index (χ0v) is 22.9. The van der Waals surface area contributed by atoms with E-state index in [-0.39, 0.29) is 30.7 Å². The number of carbonyl (C=O) groups is 2. The number of carbonyl (C=O) groups excluding carboxylic acids is 2. The van der Waals surface area contributed by atoms with E-state index in [1.807, 2.05) is 23.1 Å². The van der Waals surface area contributed by atoms with Crippen molar-refractivity contribution >= 4 is 23.4 Å². The molecule has 2 amide bonds. The molecule has 3 heterocycles. The molecule has 1 aromatic heterocycles. The molecule has 0 aliphatic carbocycles. The number of piperidine rings is 2. The summed E-state index contributed by atoms with van der Waals surface area (Å²) >= 11 is 6.43. The van der Waals surface area contributed by atoms with Gasteiger partial charge in [0.15, 0.2) is 0 Å². The molecule has 39 heavy (non-hydrogen) atoms. The minimum absolute atomic E-state index is 0.0876. The van der Waals surface area contributed by atoms with Gasteiger partial charge in [-0.2, -0.15) is 0 Å². The first-order valence-corrected chi connectivity index (χ1v) is 13.9. The van der Waals surface area contributed by atoms with Gasteiger partial charge in [0.1, 0.15) is 28.6 Å². The number of rotatable bonds is 7. The third-order valence-electron chi connectivity index (χ3n) is 7.75. The molecule has 1 atom stereocenters. The summed E-state index contributed by atoms with van der Waals surface area (Å²) in [6.07, 6.45) is 4.88. The fourth-order valence-corrected chi connectivity index (χ4v) is 5.88. The summed E-state index contributed by atoms with van der Waals surface area (Å²) < 4.78 is 25.0. The standard InChI is InChI=1S/C30H33ClFN3O4/c1-21-27(28(33-39-21)24-8-3-4-9-25(24)31)29(37)35-17-7-14-30(19-35,18-26(36)34-15-5-2-6-16-34)20-38-23-12-10-22(32)11-13-23/h3-4,8-13H,2,5-7,14-20H2,1H3. The first-order valence-electron chi connectivity index (χ1n) is 13.5. The van der Waals surface area contributed by atoms with Crippen molar-refractivity contribution in [2.24, 2.45) is 5.41 Å². The maximum Gasteiger partial charge on any atom is 0.259 e. The van der Waals surface area contributed by atoms with Crippen LogP contribution < -0.4 is 4.74 Å². The summed E-state index contributed by atoms with van der Waals surface area (Å²) in [4.78, 5) is 31.1. The van der Waals surface area contributed by atoms with E-state index in [9.17, 15) is 14.0 Å². The molecule has 0 bridgehead atoms. The molecule has 2 fully saturated rings. The van der Waals surface area contributed by atoms with Crippen molar-refractivity contribution in [3.05, 3.63) is 70.7 Å². The van der Waals surface area contributed by atoms with Crippen molar-refractivity contribution < 1.29 is 23.2 Å². The molecule has 0 spiro atoms. The van der Waals surface area contributed by atoms with Crippen molar-refractivity contribution in [1.82, 2.24) is 15.0 Å². The number of hydrogen-bond acceptors (Lipinski definition) is 5. The molecule has 9 heteroatoms. The third-order valence-corrected chi connectivity index (χ3v) is 8.08. The lowest BCUT2D eigenvalue weighted by Crippen LogP contribution is -2.51. The largest absolute Gasteiger partial charge is 0.493 e. The van der Waals surface area contributed by atoms with E-state index in [0.717, 1.165) is 45.2 Å². The number of aromatic nitrogens is 1. The summed E-state index contributed by atoms with van der Waals surface area (Å²) in [5, 5.41) is 4.65. The first-order chi connectivity index (χ1) is 18.8. The van der Waals surface area contributed by atoms with E-state index in [2.05, 4.69) is 5.16 Å². The van der Waals surface area contributed by atoms with Gasteiger partial charge in [0.05, 0.1) is 11.6 Å². The average molecular weight is 554 g/mol. The van der Waals surface area contributed by atoms with Gasteiger partial charge in [-0.15, -0.1) is 0 Å². The van der Waals surface area contributed by atoms with E-state index < -0.39 is 5.41 Å². The smallest absolute Gasteiger partial charge is 0.259 e. The van der Waals surface area contributed by atoms with E-state index >= 15 is 0 Å². The number of hydrogen-bond donors (Lipinski definition) is 0. The Bertz CT molecular complexity index is 1320. The minimum Gasteiger partial charge on any atom is -0.493 e. The molecular formula is C30H33ClFN3O4. The van der Waals surface area contributed by atoms with Crippen molar-refractivity contribution in [1.29, 1.82) is 0 Å². The Balaban J connectivity index is 1.41. The van der Waals surface area contributed by atoms with Gasteiger partial charge >= 0.3 is 0 Å². The topological polar surface area (TPSA) is 75.9 Å². The van der Waals surface area contributed by atoms with Crippen LogP contribution in [0.25, 0.3) is 11.3 Å². The molecule has 2 aliphatic heterocycles. The maximum atomic E-state index is 14.0. The van der Waals surface area contributed by atoms with Gasteiger partial charge in [-0.1, -0.05) is 35.0 Å². The number of aryl methyl sites for hydroxylation is 1. The second kappa shape index (κ2) is 11.8. The Morgan fingerprint density at radius 3 is 2.49 bits per heavy atom. The van der Waals surface area contributed by atoms with Crippen LogP contribution in [0.4, 0.5) is 4.39 Å². The molecule has 206 valence electrons. The number of likely N-dealkylation sites (tertiary alicyclic amines) is 2. The molecule has 7 nitrogen and oxygen atoms in total. The van der Waals surface area contributed by atoms with Crippen LogP contribution in [0.3, 0.4) is 0 Å². The first kappa shape index (κ1) is 27.2. The molecular weight excluding hydrogens is 521 g/mol. The molecule has 1 unspecified atom stereocenters. The lowest BCUT2D eigenvalue weighted by molar-refractivity contribution is -0.136. The Hall–Kier alpha value is -3.39. The Kier molecular flexibility index (Phi) is 8.21. The summed E-state index contributed by atoms with van der Waals surface area (Å²) in [7, 11) is 0. The Labute approximate surface area is 232 Å². The van der Waals surface area contributed by atoms with Crippen LogP contribution in [0.2, 0.25) is 5.02 Å². The van der Waals surface area contributed by atoms with E-state index in [0.29, 0.717) is 46.4 Å². The van der Waals surface area contributed by atoms with Crippen molar-refractivity contribution in [3.8, 4) is 17.0 Å². The molecule has 3 aromatic rings. The quantitative estimate of drug-likeness (QED) is 0.351. The van der Waals surface area contributed by atoms with Gasteiger partial charge in [-0.3, -0.25) is 9.59 Å². The SMILES string of the molecule is Cc1onc(-c2ccccc2Cl)c1C(=O)N1CCCC(COc2ccc(F)cc2)(CC(=O)N2CCCCC2)C1. The number of amides is 2. The average Bonchev–Trinajstić information content (AvgIpc) is 3.34. The highest BCUT2D eigenvalue weighted by Crippen LogP contribution is 2.38. The fourth-order valence-electron chi connectivity index (χ4n) is 5.66. The van der Waals surface area contributed by atoms with Crippen LogP contribution in [0.1, 0.15) is 54.6 Å². The molecule has 2 saturated heterocycles. The van der Waals surface area contributed by atoms with Crippen molar-refractivity contribution in [2.75, 3.05) is 32.8 Å². The lowest BCUT2D eigenvalue weighted by Gasteiger charge is -2.43. The van der Waals surface area contributed by atoms with Crippen LogP contribution in [0.5, 0.6) is 5.75 Å². The van der Waals surface area contributed by atoms with Gasteiger partial charge < -0.3 is 19.1 Å². The van der Waals surface area contributed by atoms with E-state index in [4.69, 9.17) is 20.9 Å². The minimum atomic E-state index is -0.591. The van der Waals surface area contributed by atoms with Crippen LogP contribution in [-0.4, -0.2) is 59.6 Å². The van der Waals surface area contributed by atoms with Gasteiger partial charge in [0.2, 0.25) is 5.91 Å². The highest BCUT2D eigenvalue weighted by molar-refractivity contribution is 6.33. The van der Waals surface area contributed by atoms with Crippen molar-refractivity contribution in [2.45, 2.75) is 45.4 Å². The zero-order chi connectivity index (χ0) is 27.4. The van der Waals surface area contributed by atoms with Gasteiger partial charge in [-0.25, -0.2) is 4.39 Å². The molecule has 0 saturated carbocycles. The molecule has 0 N–H and O–H groups in total. The molecule has 5 rings (SSSR count). The maximum absolute atomic E-state index is 14.0. The predicted octanol–water partition coefficient (Wildman–Crippen LogP) is 6.15. The summed E-state index contributed by atoms with van der Waals surface area (Å²) in [6, 6.07) is 13.1. The van der Waals surface area contributed by atoms with Crippen LogP contribution in [0, 0.1) is 18.2 Å². The van der Waals surface area contributed by atoms with Gasteiger partial charge in [-0.05, 0) is 69.4 Å². The lowest BCUT2D eigenvalue weighted by atomic mass is 9.77. The Morgan fingerprint density at radius 2 is 1.74 bits per heavy atom. The monoisotopic (exact) mass is 553 g/mol. The van der Waals surface area contributed by atoms with E-state index in [1.165, 1.54) is 12.1 Å². The second-order valence-corrected chi connectivity index (χ2v) is 11.0. The highest BCUT2D eigenvalue weighted by atomic mass is 35.5. The fraction of sp³-hybridized carbons (Fsp3) is 0.433. The van der Waals surface area contributed by atoms with Gasteiger partial charge in [0, 0.05) is 43.6 Å². The summed E-state index contributed by atoms with van der Waals surface area (Å²) in [6.45, 7) is 4.37. The van der Waals surface area contributed by atoms with E-state index in [1.54, 1.807) is 30.0 Å². The highest BCUT2D eigenvalue weighted by Gasteiger charge is 2.42. The van der Waals surface area contributed by atoms with Crippen LogP contribution >= 0.6 is 11.6 Å². The number of ether oxygens (including phenoxy) is 1. The van der Waals surface area contributed by atoms with Crippen LogP contribution in [0.15, 0.2) is 53.1 Å². The van der Waals surface area contributed by atoms with Crippen molar-refractivity contribution in [3.63, 3.8) is 0 Å². The van der Waals surface area contributed by atoms with Gasteiger partial charge in [0.25, 0.3) is 5.91 Å². The molecule has 0 radical (unpaired) electrons. The van der Waals surface area contributed by atoms with Crippen LogP contribution in [-0.2, 0) is 4.79 Å². The molecule has 2 aromatic carbocycles. The Morgan fingerprint density at radius 1 is 1.03 bits per heavy atom. The second-order valence-electron chi connectivity index (χ2n) is 10.6.